The summed E-state index contributed by atoms with van der Waals surface area (Å²) in [6.45, 7) is 16.4. The number of carbonyl (C=O) groups is 1. The molecule has 0 aromatic rings. The van der Waals surface area contributed by atoms with Gasteiger partial charge in [-0.2, -0.15) is 0 Å². The Morgan fingerprint density at radius 1 is 1.20 bits per heavy atom. The molecular formula is C22H43N5O3. The fourth-order valence-electron chi connectivity index (χ4n) is 4.09. The van der Waals surface area contributed by atoms with E-state index in [9.17, 15) is 4.79 Å². The van der Waals surface area contributed by atoms with Crippen LogP contribution in [-0.2, 0) is 9.47 Å². The Kier molecular flexibility index (Phi) is 9.68. The third-order valence-electron chi connectivity index (χ3n) is 5.63. The minimum Gasteiger partial charge on any atom is -0.444 e. The van der Waals surface area contributed by atoms with Crippen LogP contribution in [-0.4, -0.2) is 79.6 Å². The monoisotopic (exact) mass is 425 g/mol. The van der Waals surface area contributed by atoms with Crippen LogP contribution in [0.2, 0.25) is 0 Å². The van der Waals surface area contributed by atoms with Crippen LogP contribution in [0.25, 0.3) is 0 Å². The lowest BCUT2D eigenvalue weighted by Crippen LogP contribution is -2.50. The molecule has 2 fully saturated rings. The number of hydrogen-bond donors (Lipinski definition) is 3. The van der Waals surface area contributed by atoms with Gasteiger partial charge >= 0.3 is 6.09 Å². The second kappa shape index (κ2) is 11.7. The molecular weight excluding hydrogens is 382 g/mol. The van der Waals surface area contributed by atoms with Crippen LogP contribution in [0.1, 0.15) is 67.2 Å². The highest BCUT2D eigenvalue weighted by Crippen LogP contribution is 2.19. The topological polar surface area (TPSA) is 87.2 Å². The molecule has 2 aliphatic rings. The van der Waals surface area contributed by atoms with Gasteiger partial charge in [-0.1, -0.05) is 0 Å². The van der Waals surface area contributed by atoms with Gasteiger partial charge in [-0.15, -0.1) is 0 Å². The van der Waals surface area contributed by atoms with Gasteiger partial charge in [0.15, 0.2) is 5.96 Å². The smallest absolute Gasteiger partial charge is 0.407 e. The van der Waals surface area contributed by atoms with Gasteiger partial charge in [-0.25, -0.2) is 4.79 Å². The van der Waals surface area contributed by atoms with Crippen LogP contribution in [0.5, 0.6) is 0 Å². The van der Waals surface area contributed by atoms with E-state index in [1.54, 1.807) is 0 Å². The summed E-state index contributed by atoms with van der Waals surface area (Å²) < 4.78 is 10.9. The molecule has 2 atom stereocenters. The molecule has 0 aromatic heterocycles. The number of carbonyl (C=O) groups excluding carboxylic acids is 1. The first kappa shape index (κ1) is 24.7. The Balaban J connectivity index is 1.78. The number of rotatable bonds is 6. The first-order valence-corrected chi connectivity index (χ1v) is 11.6. The van der Waals surface area contributed by atoms with Crippen LogP contribution in [0.3, 0.4) is 0 Å². The van der Waals surface area contributed by atoms with Gasteiger partial charge in [0.2, 0.25) is 0 Å². The number of nitrogens with one attached hydrogen (secondary N) is 3. The van der Waals surface area contributed by atoms with Crippen LogP contribution >= 0.6 is 0 Å². The van der Waals surface area contributed by atoms with E-state index < -0.39 is 5.60 Å². The molecule has 30 heavy (non-hydrogen) atoms. The molecule has 0 aromatic carbocycles. The van der Waals surface area contributed by atoms with Gasteiger partial charge < -0.3 is 25.4 Å². The van der Waals surface area contributed by atoms with Crippen molar-refractivity contribution < 1.29 is 14.3 Å². The van der Waals surface area contributed by atoms with Crippen molar-refractivity contribution in [2.45, 2.75) is 97.0 Å². The lowest BCUT2D eigenvalue weighted by atomic mass is 9.91. The Hall–Kier alpha value is -1.54. The average Bonchev–Trinajstić information content (AvgIpc) is 2.66. The van der Waals surface area contributed by atoms with Crippen molar-refractivity contribution in [1.29, 1.82) is 0 Å². The molecule has 1 heterocycles. The zero-order valence-corrected chi connectivity index (χ0v) is 19.8. The summed E-state index contributed by atoms with van der Waals surface area (Å²) >= 11 is 0. The lowest BCUT2D eigenvalue weighted by molar-refractivity contribution is -0.0165. The Labute approximate surface area is 182 Å². The molecule has 0 spiro atoms. The van der Waals surface area contributed by atoms with Gasteiger partial charge in [-0.05, 0) is 67.2 Å². The number of morpholine rings is 1. The number of nitrogens with zero attached hydrogens (tertiary/aromatic N) is 2. The Morgan fingerprint density at radius 3 is 2.40 bits per heavy atom. The molecule has 174 valence electrons. The summed E-state index contributed by atoms with van der Waals surface area (Å²) in [5, 5.41) is 9.97. The number of guanidine groups is 1. The van der Waals surface area contributed by atoms with Crippen LogP contribution < -0.4 is 16.0 Å². The summed E-state index contributed by atoms with van der Waals surface area (Å²) in [6.07, 6.45) is 3.57. The molecule has 1 amide bonds. The third-order valence-corrected chi connectivity index (χ3v) is 5.63. The van der Waals surface area contributed by atoms with E-state index >= 15 is 0 Å². The van der Waals surface area contributed by atoms with Crippen molar-refractivity contribution in [2.24, 2.45) is 4.99 Å². The zero-order valence-electron chi connectivity index (χ0n) is 19.8. The maximum Gasteiger partial charge on any atom is 0.407 e. The second-order valence-corrected chi connectivity index (χ2v) is 9.57. The van der Waals surface area contributed by atoms with Crippen molar-refractivity contribution >= 4 is 12.1 Å². The zero-order chi connectivity index (χ0) is 22.1. The van der Waals surface area contributed by atoms with Crippen LogP contribution in [0.4, 0.5) is 4.79 Å². The van der Waals surface area contributed by atoms with Crippen molar-refractivity contribution in [1.82, 2.24) is 20.9 Å². The van der Waals surface area contributed by atoms with Crippen LogP contribution in [0, 0.1) is 0 Å². The second-order valence-electron chi connectivity index (χ2n) is 9.57. The quantitative estimate of drug-likeness (QED) is 0.448. The largest absolute Gasteiger partial charge is 0.444 e. The number of aliphatic imine (C=N–C) groups is 1. The van der Waals surface area contributed by atoms with E-state index in [2.05, 4.69) is 41.6 Å². The van der Waals surface area contributed by atoms with E-state index in [0.717, 1.165) is 64.5 Å². The highest BCUT2D eigenvalue weighted by atomic mass is 16.6. The summed E-state index contributed by atoms with van der Waals surface area (Å²) in [7, 11) is 0. The predicted octanol–water partition coefficient (Wildman–Crippen LogP) is 2.49. The SMILES string of the molecule is CCNC(=NCC(C)N1CCOCC1C)NC1CCC(NC(=O)OC(C)(C)C)CC1. The molecule has 0 radical (unpaired) electrons. The maximum absolute atomic E-state index is 12.0. The molecule has 8 heteroatoms. The summed E-state index contributed by atoms with van der Waals surface area (Å²) in [5.74, 6) is 0.883. The Bertz CT molecular complexity index is 555. The molecule has 2 rings (SSSR count). The predicted molar refractivity (Wildman–Crippen MR) is 121 cm³/mol. The molecule has 1 aliphatic carbocycles. The lowest BCUT2D eigenvalue weighted by Gasteiger charge is -2.37. The third kappa shape index (κ3) is 8.68. The fourth-order valence-corrected chi connectivity index (χ4v) is 4.09. The van der Waals surface area contributed by atoms with Crippen molar-refractivity contribution in [3.63, 3.8) is 0 Å². The van der Waals surface area contributed by atoms with E-state index in [1.165, 1.54) is 0 Å². The molecule has 3 N–H and O–H groups in total. The van der Waals surface area contributed by atoms with E-state index in [-0.39, 0.29) is 12.1 Å². The molecule has 2 unspecified atom stereocenters. The first-order valence-electron chi connectivity index (χ1n) is 11.6. The molecule has 8 nitrogen and oxygen atoms in total. The number of hydrogen-bond acceptors (Lipinski definition) is 5. The summed E-state index contributed by atoms with van der Waals surface area (Å²) in [6, 6.07) is 1.37. The van der Waals surface area contributed by atoms with Gasteiger partial charge in [0.1, 0.15) is 5.60 Å². The maximum atomic E-state index is 12.0. The van der Waals surface area contributed by atoms with Crippen molar-refractivity contribution in [3.8, 4) is 0 Å². The van der Waals surface area contributed by atoms with Crippen molar-refractivity contribution in [2.75, 3.05) is 32.8 Å². The number of amides is 1. The minimum atomic E-state index is -0.462. The van der Waals surface area contributed by atoms with Gasteiger partial charge in [-0.3, -0.25) is 9.89 Å². The molecule has 1 saturated carbocycles. The summed E-state index contributed by atoms with van der Waals surface area (Å²) in [5.41, 5.74) is -0.462. The van der Waals surface area contributed by atoms with Crippen molar-refractivity contribution in [3.05, 3.63) is 0 Å². The molecule has 1 aliphatic heterocycles. The Morgan fingerprint density at radius 2 is 1.83 bits per heavy atom. The highest BCUT2D eigenvalue weighted by Gasteiger charge is 2.26. The number of ether oxygens (including phenoxy) is 2. The highest BCUT2D eigenvalue weighted by molar-refractivity contribution is 5.80. The normalized spacial score (nSPS) is 27.3. The number of alkyl carbamates (subject to hydrolysis) is 1. The van der Waals surface area contributed by atoms with E-state index in [0.29, 0.717) is 18.1 Å². The minimum absolute atomic E-state index is 0.181. The molecule has 0 bridgehead atoms. The van der Waals surface area contributed by atoms with Gasteiger partial charge in [0, 0.05) is 37.3 Å². The van der Waals surface area contributed by atoms with E-state index in [4.69, 9.17) is 14.5 Å². The standard InChI is InChI=1S/C22H43N5O3/c1-7-23-20(24-14-16(2)27-12-13-29-15-17(27)3)25-18-8-10-19(11-9-18)26-21(28)30-22(4,5)6/h16-19H,7-15H2,1-6H3,(H,26,28)(H2,23,24,25). The summed E-state index contributed by atoms with van der Waals surface area (Å²) in [4.78, 5) is 19.3. The fraction of sp³-hybridized carbons (Fsp3) is 0.909. The van der Waals surface area contributed by atoms with Gasteiger partial charge in [0.05, 0.1) is 19.8 Å². The molecule has 1 saturated heterocycles. The average molecular weight is 426 g/mol. The van der Waals surface area contributed by atoms with Crippen LogP contribution in [0.15, 0.2) is 4.99 Å². The first-order chi connectivity index (χ1) is 14.2. The van der Waals surface area contributed by atoms with E-state index in [1.807, 2.05) is 20.8 Å². The van der Waals surface area contributed by atoms with Gasteiger partial charge in [0.25, 0.3) is 0 Å².